The van der Waals surface area contributed by atoms with Crippen LogP contribution in [0.4, 0.5) is 11.4 Å². The van der Waals surface area contributed by atoms with Crippen LogP contribution in [0.2, 0.25) is 0 Å². The molecule has 2 amide bonds. The van der Waals surface area contributed by atoms with Gasteiger partial charge in [-0.05, 0) is 31.2 Å². The van der Waals surface area contributed by atoms with Gasteiger partial charge in [-0.25, -0.2) is 0 Å². The second-order valence-electron chi connectivity index (χ2n) is 7.22. The van der Waals surface area contributed by atoms with E-state index in [2.05, 4.69) is 15.5 Å². The van der Waals surface area contributed by atoms with Crippen molar-refractivity contribution < 1.29 is 18.9 Å². The summed E-state index contributed by atoms with van der Waals surface area (Å²) in [4.78, 5) is 42.6. The van der Waals surface area contributed by atoms with Crippen molar-refractivity contribution in [2.75, 3.05) is 16.8 Å². The summed E-state index contributed by atoms with van der Waals surface area (Å²) in [5, 5.41) is 6.71. The predicted octanol–water partition coefficient (Wildman–Crippen LogP) is 3.24. The molecule has 1 saturated heterocycles. The SMILES string of the molecule is CC(=O)c1cccc(NC(=O)[C@H]2CC(=O)N(c3cccc(-c4noc(C)n4)c3)C2)c1. The normalized spacial score (nSPS) is 16.0. The van der Waals surface area contributed by atoms with Gasteiger partial charge in [-0.1, -0.05) is 29.4 Å². The van der Waals surface area contributed by atoms with Crippen LogP contribution in [-0.2, 0) is 9.59 Å². The van der Waals surface area contributed by atoms with Gasteiger partial charge in [0.1, 0.15) is 0 Å². The highest BCUT2D eigenvalue weighted by Gasteiger charge is 2.35. The molecule has 2 aromatic carbocycles. The Kier molecular flexibility index (Phi) is 5.14. The molecule has 4 rings (SSSR count). The molecule has 8 heteroatoms. The van der Waals surface area contributed by atoms with E-state index in [1.54, 1.807) is 42.2 Å². The van der Waals surface area contributed by atoms with E-state index in [4.69, 9.17) is 4.52 Å². The number of carbonyl (C=O) groups excluding carboxylic acids is 3. The number of Topliss-reactive ketones (excluding diaryl/α,β-unsaturated/α-hetero) is 1. The standard InChI is InChI=1S/C22H20N4O4/c1-13(27)15-5-3-7-18(9-15)24-22(29)17-11-20(28)26(12-17)19-8-4-6-16(10-19)21-23-14(2)30-25-21/h3-10,17H,11-12H2,1-2H3,(H,24,29)/t17-/m0/s1. The van der Waals surface area contributed by atoms with Crippen LogP contribution in [0.25, 0.3) is 11.4 Å². The van der Waals surface area contributed by atoms with Gasteiger partial charge in [-0.3, -0.25) is 14.4 Å². The van der Waals surface area contributed by atoms with E-state index in [1.807, 2.05) is 18.2 Å². The van der Waals surface area contributed by atoms with Gasteiger partial charge in [-0.2, -0.15) is 4.98 Å². The number of anilines is 2. The highest BCUT2D eigenvalue weighted by atomic mass is 16.5. The molecule has 2 heterocycles. The van der Waals surface area contributed by atoms with Gasteiger partial charge in [0.05, 0.1) is 5.92 Å². The van der Waals surface area contributed by atoms with Crippen molar-refractivity contribution in [2.24, 2.45) is 5.92 Å². The van der Waals surface area contributed by atoms with Crippen LogP contribution in [0.5, 0.6) is 0 Å². The van der Waals surface area contributed by atoms with Crippen molar-refractivity contribution >= 4 is 29.0 Å². The van der Waals surface area contributed by atoms with Crippen LogP contribution in [0, 0.1) is 12.8 Å². The number of amides is 2. The molecule has 1 atom stereocenters. The Morgan fingerprint density at radius 2 is 1.97 bits per heavy atom. The summed E-state index contributed by atoms with van der Waals surface area (Å²) in [6.07, 6.45) is 0.115. The highest BCUT2D eigenvalue weighted by Crippen LogP contribution is 2.29. The molecule has 0 saturated carbocycles. The number of aromatic nitrogens is 2. The number of carbonyl (C=O) groups is 3. The number of hydrogen-bond donors (Lipinski definition) is 1. The number of ketones is 1. The molecule has 1 fully saturated rings. The van der Waals surface area contributed by atoms with Crippen LogP contribution < -0.4 is 10.2 Å². The minimum atomic E-state index is -0.491. The maximum absolute atomic E-state index is 12.7. The lowest BCUT2D eigenvalue weighted by Crippen LogP contribution is -2.28. The summed E-state index contributed by atoms with van der Waals surface area (Å²) in [6.45, 7) is 3.45. The first kappa shape index (κ1) is 19.5. The first-order valence-corrected chi connectivity index (χ1v) is 9.53. The van der Waals surface area contributed by atoms with Gasteiger partial charge in [0.15, 0.2) is 5.78 Å². The first-order chi connectivity index (χ1) is 14.4. The molecule has 0 aliphatic carbocycles. The van der Waals surface area contributed by atoms with Gasteiger partial charge in [0.25, 0.3) is 0 Å². The molecular formula is C22H20N4O4. The van der Waals surface area contributed by atoms with E-state index in [9.17, 15) is 14.4 Å². The minimum Gasteiger partial charge on any atom is -0.339 e. The fraction of sp³-hybridized carbons (Fsp3) is 0.227. The Morgan fingerprint density at radius 3 is 2.70 bits per heavy atom. The Bertz CT molecular complexity index is 1140. The lowest BCUT2D eigenvalue weighted by atomic mass is 10.1. The number of nitrogens with one attached hydrogen (secondary N) is 1. The molecule has 1 aliphatic heterocycles. The average Bonchev–Trinajstić information content (AvgIpc) is 3.34. The summed E-state index contributed by atoms with van der Waals surface area (Å²) in [6, 6.07) is 14.0. The van der Waals surface area contributed by atoms with Gasteiger partial charge in [0, 0.05) is 42.4 Å². The van der Waals surface area contributed by atoms with Crippen molar-refractivity contribution in [3.8, 4) is 11.4 Å². The van der Waals surface area contributed by atoms with Crippen LogP contribution >= 0.6 is 0 Å². The molecule has 0 spiro atoms. The summed E-state index contributed by atoms with van der Waals surface area (Å²) >= 11 is 0. The zero-order valence-electron chi connectivity index (χ0n) is 16.6. The molecule has 0 radical (unpaired) electrons. The lowest BCUT2D eigenvalue weighted by molar-refractivity contribution is -0.122. The molecule has 30 heavy (non-hydrogen) atoms. The molecule has 0 unspecified atom stereocenters. The van der Waals surface area contributed by atoms with Crippen LogP contribution in [-0.4, -0.2) is 34.3 Å². The van der Waals surface area contributed by atoms with E-state index in [0.29, 0.717) is 28.7 Å². The van der Waals surface area contributed by atoms with Crippen LogP contribution in [0.3, 0.4) is 0 Å². The average molecular weight is 404 g/mol. The summed E-state index contributed by atoms with van der Waals surface area (Å²) in [5.41, 5.74) is 2.46. The van der Waals surface area contributed by atoms with Crippen molar-refractivity contribution in [1.82, 2.24) is 10.1 Å². The monoisotopic (exact) mass is 404 g/mol. The number of hydrogen-bond acceptors (Lipinski definition) is 6. The lowest BCUT2D eigenvalue weighted by Gasteiger charge is -2.17. The van der Waals surface area contributed by atoms with Gasteiger partial charge >= 0.3 is 0 Å². The molecule has 1 aliphatic rings. The maximum Gasteiger partial charge on any atom is 0.229 e. The van der Waals surface area contributed by atoms with Crippen molar-refractivity contribution in [2.45, 2.75) is 20.3 Å². The predicted molar refractivity (Wildman–Crippen MR) is 110 cm³/mol. The molecule has 1 aromatic heterocycles. The first-order valence-electron chi connectivity index (χ1n) is 9.53. The summed E-state index contributed by atoms with van der Waals surface area (Å²) < 4.78 is 5.02. The molecule has 152 valence electrons. The zero-order valence-corrected chi connectivity index (χ0v) is 16.6. The third-order valence-corrected chi connectivity index (χ3v) is 4.98. The smallest absolute Gasteiger partial charge is 0.229 e. The quantitative estimate of drug-likeness (QED) is 0.655. The Morgan fingerprint density at radius 1 is 1.17 bits per heavy atom. The number of aryl methyl sites for hydroxylation is 1. The molecule has 3 aromatic rings. The summed E-state index contributed by atoms with van der Waals surface area (Å²) in [5.74, 6) is -0.0518. The van der Waals surface area contributed by atoms with E-state index in [-0.39, 0.29) is 30.6 Å². The fourth-order valence-corrected chi connectivity index (χ4v) is 3.42. The van der Waals surface area contributed by atoms with Gasteiger partial charge < -0.3 is 14.7 Å². The Balaban J connectivity index is 1.48. The van der Waals surface area contributed by atoms with E-state index < -0.39 is 5.92 Å². The largest absolute Gasteiger partial charge is 0.339 e. The molecule has 0 bridgehead atoms. The third kappa shape index (κ3) is 3.98. The van der Waals surface area contributed by atoms with Crippen LogP contribution in [0.1, 0.15) is 29.6 Å². The minimum absolute atomic E-state index is 0.0787. The van der Waals surface area contributed by atoms with E-state index in [0.717, 1.165) is 5.56 Å². The topological polar surface area (TPSA) is 105 Å². The molecule has 1 N–H and O–H groups in total. The Hall–Kier alpha value is -3.81. The zero-order chi connectivity index (χ0) is 21.3. The number of rotatable bonds is 5. The van der Waals surface area contributed by atoms with Gasteiger partial charge in [-0.15, -0.1) is 0 Å². The second kappa shape index (κ2) is 7.90. The van der Waals surface area contributed by atoms with Crippen molar-refractivity contribution in [3.63, 3.8) is 0 Å². The van der Waals surface area contributed by atoms with E-state index >= 15 is 0 Å². The van der Waals surface area contributed by atoms with Crippen molar-refractivity contribution in [3.05, 3.63) is 60.0 Å². The number of benzene rings is 2. The molecule has 8 nitrogen and oxygen atoms in total. The molecular weight excluding hydrogens is 384 g/mol. The highest BCUT2D eigenvalue weighted by molar-refractivity contribution is 6.04. The second-order valence-corrected chi connectivity index (χ2v) is 7.22. The van der Waals surface area contributed by atoms with Crippen molar-refractivity contribution in [1.29, 1.82) is 0 Å². The van der Waals surface area contributed by atoms with Crippen LogP contribution in [0.15, 0.2) is 53.1 Å². The maximum atomic E-state index is 12.7. The summed E-state index contributed by atoms with van der Waals surface area (Å²) in [7, 11) is 0. The Labute approximate surface area is 172 Å². The van der Waals surface area contributed by atoms with E-state index in [1.165, 1.54) is 6.92 Å². The fourth-order valence-electron chi connectivity index (χ4n) is 3.42. The van der Waals surface area contributed by atoms with Gasteiger partial charge in [0.2, 0.25) is 23.5 Å². The number of nitrogens with zero attached hydrogens (tertiary/aromatic N) is 3. The third-order valence-electron chi connectivity index (χ3n) is 4.98.